The zero-order chi connectivity index (χ0) is 12.3. The standard InChI is InChI=1S/C13H12ClNO2/c1-10-6-7-12(8-15(10)16)17-9-11-4-2-3-5-13(11)14/h2-8H,9H2,1H3. The van der Waals surface area contributed by atoms with E-state index in [2.05, 4.69) is 0 Å². The lowest BCUT2D eigenvalue weighted by Crippen LogP contribution is -2.29. The van der Waals surface area contributed by atoms with Crippen molar-refractivity contribution in [2.75, 3.05) is 0 Å². The summed E-state index contributed by atoms with van der Waals surface area (Å²) in [4.78, 5) is 0. The highest BCUT2D eigenvalue weighted by Crippen LogP contribution is 2.17. The van der Waals surface area contributed by atoms with Crippen LogP contribution >= 0.6 is 11.6 Å². The number of hydrogen-bond donors (Lipinski definition) is 0. The summed E-state index contributed by atoms with van der Waals surface area (Å²) in [7, 11) is 0. The van der Waals surface area contributed by atoms with Gasteiger partial charge in [0.15, 0.2) is 11.4 Å². The maximum atomic E-state index is 11.3. The van der Waals surface area contributed by atoms with Crippen molar-refractivity contribution in [2.24, 2.45) is 0 Å². The normalized spacial score (nSPS) is 10.2. The predicted octanol–water partition coefficient (Wildman–Crippen LogP) is 2.86. The van der Waals surface area contributed by atoms with Crippen LogP contribution in [0.5, 0.6) is 5.75 Å². The van der Waals surface area contributed by atoms with Crippen LogP contribution < -0.4 is 9.47 Å². The number of aromatic nitrogens is 1. The van der Waals surface area contributed by atoms with Gasteiger partial charge in [0.1, 0.15) is 6.61 Å². The molecule has 0 unspecified atom stereocenters. The molecular formula is C13H12ClNO2. The molecule has 1 aromatic carbocycles. The fourth-order valence-corrected chi connectivity index (χ4v) is 1.59. The van der Waals surface area contributed by atoms with Crippen LogP contribution in [0.1, 0.15) is 11.3 Å². The lowest BCUT2D eigenvalue weighted by Gasteiger charge is -2.07. The Labute approximate surface area is 105 Å². The number of hydrogen-bond acceptors (Lipinski definition) is 2. The van der Waals surface area contributed by atoms with Crippen molar-refractivity contribution in [1.29, 1.82) is 0 Å². The molecular weight excluding hydrogens is 238 g/mol. The van der Waals surface area contributed by atoms with E-state index in [4.69, 9.17) is 16.3 Å². The average molecular weight is 250 g/mol. The lowest BCUT2D eigenvalue weighted by atomic mass is 10.2. The van der Waals surface area contributed by atoms with Gasteiger partial charge in [0.05, 0.1) is 0 Å². The van der Waals surface area contributed by atoms with Crippen molar-refractivity contribution in [2.45, 2.75) is 13.5 Å². The molecule has 0 amide bonds. The van der Waals surface area contributed by atoms with Gasteiger partial charge in [-0.05, 0) is 12.1 Å². The molecule has 2 rings (SSSR count). The van der Waals surface area contributed by atoms with Gasteiger partial charge in [-0.2, -0.15) is 4.73 Å². The van der Waals surface area contributed by atoms with E-state index in [1.165, 1.54) is 6.20 Å². The molecule has 0 radical (unpaired) electrons. The average Bonchev–Trinajstić information content (AvgIpc) is 2.32. The number of rotatable bonds is 3. The lowest BCUT2D eigenvalue weighted by molar-refractivity contribution is -0.612. The first kappa shape index (κ1) is 11.7. The van der Waals surface area contributed by atoms with Gasteiger partial charge in [-0.1, -0.05) is 29.8 Å². The third kappa shape index (κ3) is 2.88. The van der Waals surface area contributed by atoms with Crippen molar-refractivity contribution in [1.82, 2.24) is 0 Å². The van der Waals surface area contributed by atoms with Gasteiger partial charge in [-0.15, -0.1) is 0 Å². The molecule has 0 aliphatic heterocycles. The topological polar surface area (TPSA) is 36.2 Å². The SMILES string of the molecule is Cc1ccc(OCc2ccccc2Cl)c[n+]1[O-]. The zero-order valence-corrected chi connectivity index (χ0v) is 10.1. The van der Waals surface area contributed by atoms with E-state index in [1.54, 1.807) is 19.1 Å². The molecule has 4 heteroatoms. The highest BCUT2D eigenvalue weighted by molar-refractivity contribution is 6.31. The molecule has 17 heavy (non-hydrogen) atoms. The Morgan fingerprint density at radius 2 is 2.00 bits per heavy atom. The first-order valence-corrected chi connectivity index (χ1v) is 5.60. The van der Waals surface area contributed by atoms with E-state index in [1.807, 2.05) is 24.3 Å². The van der Waals surface area contributed by atoms with E-state index in [0.29, 0.717) is 23.1 Å². The minimum absolute atomic E-state index is 0.350. The fraction of sp³-hybridized carbons (Fsp3) is 0.154. The van der Waals surface area contributed by atoms with E-state index in [9.17, 15) is 5.21 Å². The molecule has 1 heterocycles. The van der Waals surface area contributed by atoms with Crippen LogP contribution in [0.2, 0.25) is 5.02 Å². The minimum Gasteiger partial charge on any atom is -0.618 e. The Morgan fingerprint density at radius 1 is 1.24 bits per heavy atom. The smallest absolute Gasteiger partial charge is 0.222 e. The van der Waals surface area contributed by atoms with Gasteiger partial charge in [0.2, 0.25) is 6.20 Å². The second-order valence-electron chi connectivity index (χ2n) is 3.71. The molecule has 0 bridgehead atoms. The van der Waals surface area contributed by atoms with Gasteiger partial charge in [-0.3, -0.25) is 0 Å². The molecule has 0 N–H and O–H groups in total. The van der Waals surface area contributed by atoms with Gasteiger partial charge >= 0.3 is 0 Å². The van der Waals surface area contributed by atoms with Crippen LogP contribution in [0.15, 0.2) is 42.6 Å². The summed E-state index contributed by atoms with van der Waals surface area (Å²) in [5.41, 5.74) is 1.53. The third-order valence-corrected chi connectivity index (χ3v) is 2.80. The molecule has 0 saturated carbocycles. The van der Waals surface area contributed by atoms with Crippen LogP contribution in [0.25, 0.3) is 0 Å². The molecule has 0 fully saturated rings. The first-order chi connectivity index (χ1) is 8.16. The molecule has 0 spiro atoms. The summed E-state index contributed by atoms with van der Waals surface area (Å²) in [6.45, 7) is 2.09. The number of aryl methyl sites for hydroxylation is 1. The minimum atomic E-state index is 0.350. The summed E-state index contributed by atoms with van der Waals surface area (Å²) in [6.07, 6.45) is 1.41. The fourth-order valence-electron chi connectivity index (χ4n) is 1.40. The summed E-state index contributed by atoms with van der Waals surface area (Å²) in [6, 6.07) is 10.9. The van der Waals surface area contributed by atoms with E-state index in [0.717, 1.165) is 10.3 Å². The van der Waals surface area contributed by atoms with Crippen LogP contribution in [0.4, 0.5) is 0 Å². The van der Waals surface area contributed by atoms with Crippen molar-refractivity contribution in [3.63, 3.8) is 0 Å². The molecule has 1 aromatic heterocycles. The maximum Gasteiger partial charge on any atom is 0.222 e. The molecule has 3 nitrogen and oxygen atoms in total. The van der Waals surface area contributed by atoms with Crippen molar-refractivity contribution in [3.05, 3.63) is 64.1 Å². The van der Waals surface area contributed by atoms with Gasteiger partial charge in [-0.25, -0.2) is 0 Å². The number of benzene rings is 1. The number of halogens is 1. The Bertz CT molecular complexity index is 529. The molecule has 0 atom stereocenters. The van der Waals surface area contributed by atoms with Crippen LogP contribution in [0.3, 0.4) is 0 Å². The molecule has 0 aliphatic rings. The summed E-state index contributed by atoms with van der Waals surface area (Å²) >= 11 is 6.00. The maximum absolute atomic E-state index is 11.3. The van der Waals surface area contributed by atoms with Gasteiger partial charge in [0, 0.05) is 23.6 Å². The second kappa shape index (κ2) is 5.06. The summed E-state index contributed by atoms with van der Waals surface area (Å²) in [5.74, 6) is 0.533. The number of pyridine rings is 1. The number of ether oxygens (including phenoxy) is 1. The third-order valence-electron chi connectivity index (χ3n) is 2.43. The van der Waals surface area contributed by atoms with E-state index in [-0.39, 0.29) is 0 Å². The molecule has 0 aliphatic carbocycles. The van der Waals surface area contributed by atoms with E-state index < -0.39 is 0 Å². The highest BCUT2D eigenvalue weighted by Gasteiger charge is 2.04. The van der Waals surface area contributed by atoms with Gasteiger partial charge < -0.3 is 9.94 Å². The molecule has 0 saturated heterocycles. The summed E-state index contributed by atoms with van der Waals surface area (Å²) < 4.78 is 6.28. The molecule has 2 aromatic rings. The number of nitrogens with zero attached hydrogens (tertiary/aromatic N) is 1. The predicted molar refractivity (Wildman–Crippen MR) is 65.9 cm³/mol. The summed E-state index contributed by atoms with van der Waals surface area (Å²) in [5, 5.41) is 12.0. The van der Waals surface area contributed by atoms with Crippen LogP contribution in [-0.4, -0.2) is 0 Å². The molecule has 88 valence electrons. The van der Waals surface area contributed by atoms with Crippen molar-refractivity contribution >= 4 is 11.6 Å². The monoisotopic (exact) mass is 249 g/mol. The Balaban J connectivity index is 2.08. The zero-order valence-electron chi connectivity index (χ0n) is 9.39. The highest BCUT2D eigenvalue weighted by atomic mass is 35.5. The Kier molecular flexibility index (Phi) is 3.49. The Hall–Kier alpha value is -1.74. The largest absolute Gasteiger partial charge is 0.618 e. The van der Waals surface area contributed by atoms with Crippen molar-refractivity contribution in [3.8, 4) is 5.75 Å². The van der Waals surface area contributed by atoms with Crippen LogP contribution in [0, 0.1) is 12.1 Å². The van der Waals surface area contributed by atoms with Crippen molar-refractivity contribution < 1.29 is 9.47 Å². The van der Waals surface area contributed by atoms with Crippen LogP contribution in [-0.2, 0) is 6.61 Å². The second-order valence-corrected chi connectivity index (χ2v) is 4.12. The first-order valence-electron chi connectivity index (χ1n) is 5.23. The quantitative estimate of drug-likeness (QED) is 0.620. The van der Waals surface area contributed by atoms with Gasteiger partial charge in [0.25, 0.3) is 0 Å². The van der Waals surface area contributed by atoms with E-state index >= 15 is 0 Å². The Morgan fingerprint density at radius 3 is 2.71 bits per heavy atom.